The molecule has 0 spiro atoms. The summed E-state index contributed by atoms with van der Waals surface area (Å²) in [6.45, 7) is 16.9. The molecular formula is C31H59N3O7Si. The number of carbonyl (C=O) groups excluding carboxylic acids is 3. The number of hydrogen-bond donors (Lipinski definition) is 2. The number of carbonyl (C=O) groups is 2. The number of alkyl carbamates (subject to hydrolysis) is 1. The highest BCUT2D eigenvalue weighted by molar-refractivity contribution is 6.60. The molecule has 2 amide bonds. The Morgan fingerprint density at radius 2 is 1.60 bits per heavy atom. The molecule has 1 fully saturated rings. The predicted octanol–water partition coefficient (Wildman–Crippen LogP) is 6.31. The summed E-state index contributed by atoms with van der Waals surface area (Å²) >= 11 is 0. The van der Waals surface area contributed by atoms with Gasteiger partial charge in [0.15, 0.2) is 0 Å². The Morgan fingerprint density at radius 3 is 2.19 bits per heavy atom. The van der Waals surface area contributed by atoms with Crippen molar-refractivity contribution in [2.75, 3.05) is 32.9 Å². The standard InChI is InChI=1S/C31H59N3O7Si/c1-8-12-13-14-16-27(17-18-28(36)32-19-15-20-42(38-9-2,39-10-3)40-11-4)41-29(37)33-24-31(7)22-26(34-25-35)21-30(5,6)23-31/h26-27H,8-24H2,1-7H3,(H,32,36)(H,33,37). The van der Waals surface area contributed by atoms with Crippen LogP contribution in [0.1, 0.15) is 119 Å². The van der Waals surface area contributed by atoms with Crippen LogP contribution in [0.15, 0.2) is 4.99 Å². The summed E-state index contributed by atoms with van der Waals surface area (Å²) in [6.07, 6.45) is 9.85. The average Bonchev–Trinajstić information content (AvgIpc) is 2.90. The summed E-state index contributed by atoms with van der Waals surface area (Å²) in [5.41, 5.74) is -0.188. The summed E-state index contributed by atoms with van der Waals surface area (Å²) in [4.78, 5) is 40.4. The molecule has 0 heterocycles. The Labute approximate surface area is 255 Å². The molecule has 10 nitrogen and oxygen atoms in total. The Kier molecular flexibility index (Phi) is 18.4. The molecule has 2 N–H and O–H groups in total. The van der Waals surface area contributed by atoms with Crippen LogP contribution in [0.2, 0.25) is 6.04 Å². The van der Waals surface area contributed by atoms with Crippen molar-refractivity contribution in [3.8, 4) is 0 Å². The fraction of sp³-hybridized carbons (Fsp3) is 0.903. The lowest BCUT2D eigenvalue weighted by molar-refractivity contribution is -0.121. The molecule has 1 aliphatic rings. The lowest BCUT2D eigenvalue weighted by atomic mass is 9.63. The first kappa shape index (κ1) is 38.2. The third kappa shape index (κ3) is 15.6. The van der Waals surface area contributed by atoms with Gasteiger partial charge in [0.1, 0.15) is 6.10 Å². The maximum Gasteiger partial charge on any atom is 0.500 e. The van der Waals surface area contributed by atoms with Gasteiger partial charge in [-0.25, -0.2) is 14.6 Å². The van der Waals surface area contributed by atoms with Gasteiger partial charge >= 0.3 is 14.9 Å². The molecule has 0 aromatic rings. The maximum atomic E-state index is 12.9. The van der Waals surface area contributed by atoms with Gasteiger partial charge in [-0.2, -0.15) is 0 Å². The molecule has 3 unspecified atom stereocenters. The van der Waals surface area contributed by atoms with Crippen LogP contribution in [0.25, 0.3) is 0 Å². The number of unbranched alkanes of at least 4 members (excludes halogenated alkanes) is 3. The highest BCUT2D eigenvalue weighted by atomic mass is 28.4. The molecular weight excluding hydrogens is 554 g/mol. The van der Waals surface area contributed by atoms with Crippen LogP contribution in [0.5, 0.6) is 0 Å². The van der Waals surface area contributed by atoms with Gasteiger partial charge in [-0.1, -0.05) is 47.0 Å². The van der Waals surface area contributed by atoms with Crippen molar-refractivity contribution in [2.24, 2.45) is 15.8 Å². The van der Waals surface area contributed by atoms with Crippen LogP contribution in [0, 0.1) is 10.8 Å². The quantitative estimate of drug-likeness (QED) is 0.0635. The van der Waals surface area contributed by atoms with E-state index < -0.39 is 14.9 Å². The second-order valence-electron chi connectivity index (χ2n) is 12.6. The minimum absolute atomic E-state index is 0.0114. The molecule has 0 aromatic heterocycles. The van der Waals surface area contributed by atoms with Crippen molar-refractivity contribution < 1.29 is 32.4 Å². The van der Waals surface area contributed by atoms with Crippen LogP contribution in [-0.2, 0) is 27.6 Å². The van der Waals surface area contributed by atoms with E-state index >= 15 is 0 Å². The van der Waals surface area contributed by atoms with Crippen LogP contribution < -0.4 is 10.6 Å². The first-order valence-electron chi connectivity index (χ1n) is 16.2. The van der Waals surface area contributed by atoms with Gasteiger partial charge < -0.3 is 28.6 Å². The monoisotopic (exact) mass is 613 g/mol. The third-order valence-corrected chi connectivity index (χ3v) is 10.9. The van der Waals surface area contributed by atoms with E-state index in [1.807, 2.05) is 20.8 Å². The minimum atomic E-state index is -2.72. The Bertz CT molecular complexity index is 820. The lowest BCUT2D eigenvalue weighted by Gasteiger charge is -2.45. The fourth-order valence-electron chi connectivity index (χ4n) is 6.33. The van der Waals surface area contributed by atoms with Crippen molar-refractivity contribution in [1.29, 1.82) is 0 Å². The van der Waals surface area contributed by atoms with E-state index in [0.717, 1.165) is 51.4 Å². The summed E-state index contributed by atoms with van der Waals surface area (Å²) < 4.78 is 23.5. The van der Waals surface area contributed by atoms with Gasteiger partial charge in [-0.05, 0) is 76.5 Å². The molecule has 244 valence electrons. The molecule has 0 aromatic carbocycles. The second kappa shape index (κ2) is 20.2. The number of nitrogens with one attached hydrogen (secondary N) is 2. The molecule has 42 heavy (non-hydrogen) atoms. The molecule has 0 saturated heterocycles. The molecule has 1 rings (SSSR count). The minimum Gasteiger partial charge on any atom is -0.446 e. The van der Waals surface area contributed by atoms with E-state index in [0.29, 0.717) is 51.8 Å². The Balaban J connectivity index is 2.61. The van der Waals surface area contributed by atoms with Crippen LogP contribution in [0.4, 0.5) is 4.79 Å². The van der Waals surface area contributed by atoms with E-state index in [4.69, 9.17) is 18.0 Å². The summed E-state index contributed by atoms with van der Waals surface area (Å²) in [5, 5.41) is 5.95. The summed E-state index contributed by atoms with van der Waals surface area (Å²) in [7, 11) is -2.72. The zero-order chi connectivity index (χ0) is 31.5. The maximum absolute atomic E-state index is 12.9. The Hall–Kier alpha value is -1.78. The first-order valence-corrected chi connectivity index (χ1v) is 18.1. The van der Waals surface area contributed by atoms with Crippen molar-refractivity contribution in [1.82, 2.24) is 10.6 Å². The van der Waals surface area contributed by atoms with Crippen molar-refractivity contribution in [3.63, 3.8) is 0 Å². The highest BCUT2D eigenvalue weighted by Gasteiger charge is 2.42. The number of isocyanates is 1. The van der Waals surface area contributed by atoms with Crippen molar-refractivity contribution in [3.05, 3.63) is 0 Å². The summed E-state index contributed by atoms with van der Waals surface area (Å²) in [6, 6.07) is 0.556. The molecule has 0 radical (unpaired) electrons. The summed E-state index contributed by atoms with van der Waals surface area (Å²) in [5.74, 6) is -0.0622. The average molecular weight is 614 g/mol. The van der Waals surface area contributed by atoms with Crippen molar-refractivity contribution >= 4 is 26.9 Å². The molecule has 0 bridgehead atoms. The number of hydrogen-bond acceptors (Lipinski definition) is 8. The van der Waals surface area contributed by atoms with E-state index in [2.05, 4.69) is 43.3 Å². The van der Waals surface area contributed by atoms with Gasteiger partial charge in [-0.15, -0.1) is 0 Å². The largest absolute Gasteiger partial charge is 0.500 e. The number of amides is 2. The third-order valence-electron chi connectivity index (χ3n) is 7.74. The number of nitrogens with zero attached hydrogens (tertiary/aromatic N) is 1. The van der Waals surface area contributed by atoms with Gasteiger partial charge in [0.25, 0.3) is 0 Å². The zero-order valence-corrected chi connectivity index (χ0v) is 28.5. The van der Waals surface area contributed by atoms with Crippen LogP contribution in [0.3, 0.4) is 0 Å². The van der Waals surface area contributed by atoms with E-state index in [1.165, 1.54) is 0 Å². The van der Waals surface area contributed by atoms with E-state index in [-0.39, 0.29) is 35.3 Å². The predicted molar refractivity (Wildman–Crippen MR) is 167 cm³/mol. The van der Waals surface area contributed by atoms with Crippen LogP contribution >= 0.6 is 0 Å². The van der Waals surface area contributed by atoms with Gasteiger partial charge in [0.2, 0.25) is 12.0 Å². The SMILES string of the molecule is CCCCCCC(CCC(=O)NCCC[Si](OCC)(OCC)OCC)OC(=O)NCC1(C)CC(N=C=O)CC(C)(C)C1. The number of ether oxygens (including phenoxy) is 1. The highest BCUT2D eigenvalue weighted by Crippen LogP contribution is 2.46. The normalized spacial score (nSPS) is 20.8. The molecule has 11 heteroatoms. The van der Waals surface area contributed by atoms with Gasteiger partial charge in [0.05, 0.1) is 6.04 Å². The Morgan fingerprint density at radius 1 is 0.929 bits per heavy atom. The lowest BCUT2D eigenvalue weighted by Crippen LogP contribution is -2.46. The zero-order valence-electron chi connectivity index (χ0n) is 27.5. The first-order chi connectivity index (χ1) is 20.0. The van der Waals surface area contributed by atoms with E-state index in [9.17, 15) is 14.4 Å². The topological polar surface area (TPSA) is 125 Å². The fourth-order valence-corrected chi connectivity index (χ4v) is 8.95. The van der Waals surface area contributed by atoms with Crippen LogP contribution in [-0.4, -0.2) is 71.9 Å². The van der Waals surface area contributed by atoms with E-state index in [1.54, 1.807) is 6.08 Å². The smallest absolute Gasteiger partial charge is 0.446 e. The number of rotatable bonds is 22. The molecule has 1 saturated carbocycles. The molecule has 3 atom stereocenters. The van der Waals surface area contributed by atoms with Gasteiger partial charge in [-0.3, -0.25) is 4.79 Å². The van der Waals surface area contributed by atoms with Crippen molar-refractivity contribution in [2.45, 2.75) is 137 Å². The molecule has 0 aliphatic heterocycles. The number of aliphatic imine (C=N–C) groups is 1. The van der Waals surface area contributed by atoms with Gasteiger partial charge in [0, 0.05) is 45.4 Å². The second-order valence-corrected chi connectivity index (χ2v) is 15.4. The molecule has 1 aliphatic carbocycles.